The Hall–Kier alpha value is -1.93. The highest BCUT2D eigenvalue weighted by Gasteiger charge is 2.00. The second kappa shape index (κ2) is 5.15. The third-order valence-electron chi connectivity index (χ3n) is 2.90. The number of hydrogen-bond donors (Lipinski definition) is 0. The van der Waals surface area contributed by atoms with Crippen molar-refractivity contribution in [3.8, 4) is 11.1 Å². The van der Waals surface area contributed by atoms with Gasteiger partial charge in [0.2, 0.25) is 0 Å². The minimum atomic E-state index is 0.923. The molecule has 0 saturated carbocycles. The van der Waals surface area contributed by atoms with Gasteiger partial charge in [-0.1, -0.05) is 54.6 Å². The number of aromatic nitrogens is 1. The van der Waals surface area contributed by atoms with E-state index in [9.17, 15) is 0 Å². The van der Waals surface area contributed by atoms with Crippen molar-refractivity contribution in [2.24, 2.45) is 0 Å². The van der Waals surface area contributed by atoms with E-state index < -0.39 is 0 Å². The van der Waals surface area contributed by atoms with Crippen LogP contribution in [0.4, 0.5) is 0 Å². The van der Waals surface area contributed by atoms with Crippen molar-refractivity contribution in [2.45, 2.75) is 6.42 Å². The average molecular weight is 251 g/mol. The maximum Gasteiger partial charge on any atom is 0.0968 e. The highest BCUT2D eigenvalue weighted by Crippen LogP contribution is 2.20. The summed E-state index contributed by atoms with van der Waals surface area (Å²) >= 11 is 1.71. The van der Waals surface area contributed by atoms with Gasteiger partial charge in [-0.15, -0.1) is 11.3 Å². The van der Waals surface area contributed by atoms with E-state index in [1.807, 2.05) is 17.6 Å². The molecule has 0 fully saturated rings. The molecular formula is C16H13NS. The number of rotatable bonds is 3. The molecule has 2 aromatic carbocycles. The SMILES string of the molecule is c1ccc(-c2ccc(Cc3nccs3)cc2)cc1. The molecule has 3 rings (SSSR count). The van der Waals surface area contributed by atoms with E-state index in [4.69, 9.17) is 0 Å². The van der Waals surface area contributed by atoms with Crippen molar-refractivity contribution < 1.29 is 0 Å². The Morgan fingerprint density at radius 1 is 0.833 bits per heavy atom. The summed E-state index contributed by atoms with van der Waals surface area (Å²) in [5, 5.41) is 3.19. The van der Waals surface area contributed by atoms with Gasteiger partial charge >= 0.3 is 0 Å². The Labute approximate surface area is 111 Å². The smallest absolute Gasteiger partial charge is 0.0968 e. The summed E-state index contributed by atoms with van der Waals surface area (Å²) in [6, 6.07) is 19.2. The summed E-state index contributed by atoms with van der Waals surface area (Å²) in [4.78, 5) is 4.31. The maximum absolute atomic E-state index is 4.31. The van der Waals surface area contributed by atoms with Gasteiger partial charge < -0.3 is 0 Å². The molecule has 0 amide bonds. The van der Waals surface area contributed by atoms with Gasteiger partial charge in [0.15, 0.2) is 0 Å². The second-order valence-electron chi connectivity index (χ2n) is 4.17. The lowest BCUT2D eigenvalue weighted by Crippen LogP contribution is -1.86. The van der Waals surface area contributed by atoms with E-state index in [1.165, 1.54) is 21.7 Å². The molecule has 0 N–H and O–H groups in total. The van der Waals surface area contributed by atoms with Crippen LogP contribution in [0.3, 0.4) is 0 Å². The van der Waals surface area contributed by atoms with Gasteiger partial charge in [0.1, 0.15) is 0 Å². The Balaban J connectivity index is 1.81. The molecule has 1 aromatic heterocycles. The molecule has 18 heavy (non-hydrogen) atoms. The number of thiazole rings is 1. The molecule has 2 heteroatoms. The molecule has 1 heterocycles. The van der Waals surface area contributed by atoms with Gasteiger partial charge in [-0.25, -0.2) is 4.98 Å². The predicted molar refractivity (Wildman–Crippen MR) is 76.8 cm³/mol. The van der Waals surface area contributed by atoms with Gasteiger partial charge in [-0.2, -0.15) is 0 Å². The monoisotopic (exact) mass is 251 g/mol. The van der Waals surface area contributed by atoms with E-state index in [1.54, 1.807) is 11.3 Å². The van der Waals surface area contributed by atoms with Crippen LogP contribution in [-0.4, -0.2) is 4.98 Å². The first-order chi connectivity index (χ1) is 8.92. The molecule has 0 unspecified atom stereocenters. The van der Waals surface area contributed by atoms with Crippen LogP contribution in [0.1, 0.15) is 10.6 Å². The largest absolute Gasteiger partial charge is 0.249 e. The molecule has 0 atom stereocenters. The lowest BCUT2D eigenvalue weighted by molar-refractivity contribution is 1.14. The number of hydrogen-bond acceptors (Lipinski definition) is 2. The first kappa shape index (κ1) is 11.2. The zero-order chi connectivity index (χ0) is 12.2. The van der Waals surface area contributed by atoms with Gasteiger partial charge in [-0.05, 0) is 16.7 Å². The Morgan fingerprint density at radius 3 is 2.22 bits per heavy atom. The molecule has 0 bridgehead atoms. The fourth-order valence-corrected chi connectivity index (χ4v) is 2.61. The third-order valence-corrected chi connectivity index (χ3v) is 3.68. The zero-order valence-corrected chi connectivity index (χ0v) is 10.7. The van der Waals surface area contributed by atoms with Crippen LogP contribution in [0.25, 0.3) is 11.1 Å². The third kappa shape index (κ3) is 2.49. The number of benzene rings is 2. The summed E-state index contributed by atoms with van der Waals surface area (Å²) in [6.07, 6.45) is 2.78. The van der Waals surface area contributed by atoms with Crippen LogP contribution in [0.15, 0.2) is 66.2 Å². The van der Waals surface area contributed by atoms with Crippen LogP contribution >= 0.6 is 11.3 Å². The van der Waals surface area contributed by atoms with Gasteiger partial charge in [0.25, 0.3) is 0 Å². The normalized spacial score (nSPS) is 10.4. The van der Waals surface area contributed by atoms with Crippen LogP contribution in [0.2, 0.25) is 0 Å². The maximum atomic E-state index is 4.31. The molecule has 0 aliphatic heterocycles. The van der Waals surface area contributed by atoms with Crippen LogP contribution < -0.4 is 0 Å². The lowest BCUT2D eigenvalue weighted by atomic mass is 10.0. The highest BCUT2D eigenvalue weighted by atomic mass is 32.1. The summed E-state index contributed by atoms with van der Waals surface area (Å²) in [7, 11) is 0. The van der Waals surface area contributed by atoms with Gasteiger partial charge in [-0.3, -0.25) is 0 Å². The Morgan fingerprint density at radius 2 is 1.56 bits per heavy atom. The highest BCUT2D eigenvalue weighted by molar-refractivity contribution is 7.09. The van der Waals surface area contributed by atoms with Gasteiger partial charge in [0.05, 0.1) is 5.01 Å². The van der Waals surface area contributed by atoms with Crippen LogP contribution in [-0.2, 0) is 6.42 Å². The Kier molecular flexibility index (Phi) is 3.20. The molecule has 3 aromatic rings. The molecule has 0 aliphatic carbocycles. The lowest BCUT2D eigenvalue weighted by Gasteiger charge is -2.03. The van der Waals surface area contributed by atoms with Crippen molar-refractivity contribution >= 4 is 11.3 Å². The predicted octanol–water partition coefficient (Wildman–Crippen LogP) is 4.40. The number of nitrogens with zero attached hydrogens (tertiary/aromatic N) is 1. The molecule has 0 aliphatic rings. The fraction of sp³-hybridized carbons (Fsp3) is 0.0625. The van der Waals surface area contributed by atoms with E-state index >= 15 is 0 Å². The van der Waals surface area contributed by atoms with Crippen molar-refractivity contribution in [1.29, 1.82) is 0 Å². The van der Waals surface area contributed by atoms with Crippen molar-refractivity contribution in [3.05, 3.63) is 76.7 Å². The van der Waals surface area contributed by atoms with Crippen molar-refractivity contribution in [2.75, 3.05) is 0 Å². The topological polar surface area (TPSA) is 12.9 Å². The second-order valence-corrected chi connectivity index (χ2v) is 5.14. The van der Waals surface area contributed by atoms with Gasteiger partial charge in [0, 0.05) is 18.0 Å². The summed E-state index contributed by atoms with van der Waals surface area (Å²) in [6.45, 7) is 0. The molecule has 0 spiro atoms. The zero-order valence-electron chi connectivity index (χ0n) is 9.91. The molecule has 0 radical (unpaired) electrons. The quantitative estimate of drug-likeness (QED) is 0.672. The Bertz CT molecular complexity index is 597. The summed E-state index contributed by atoms with van der Waals surface area (Å²) < 4.78 is 0. The van der Waals surface area contributed by atoms with Crippen molar-refractivity contribution in [3.63, 3.8) is 0 Å². The minimum absolute atomic E-state index is 0.923. The molecule has 88 valence electrons. The first-order valence-corrected chi connectivity index (χ1v) is 6.82. The van der Waals surface area contributed by atoms with Crippen molar-refractivity contribution in [1.82, 2.24) is 4.98 Å². The summed E-state index contributed by atoms with van der Waals surface area (Å²) in [5.74, 6) is 0. The van der Waals surface area contributed by atoms with Crippen LogP contribution in [0, 0.1) is 0 Å². The average Bonchev–Trinajstić information content (AvgIpc) is 2.94. The minimum Gasteiger partial charge on any atom is -0.249 e. The van der Waals surface area contributed by atoms with E-state index in [-0.39, 0.29) is 0 Å². The van der Waals surface area contributed by atoms with E-state index in [0.717, 1.165) is 6.42 Å². The van der Waals surface area contributed by atoms with Crippen LogP contribution in [0.5, 0.6) is 0 Å². The first-order valence-electron chi connectivity index (χ1n) is 5.94. The standard InChI is InChI=1S/C16H13NS/c1-2-4-14(5-3-1)15-8-6-13(7-9-15)12-16-17-10-11-18-16/h1-11H,12H2. The molecule has 0 saturated heterocycles. The van der Waals surface area contributed by atoms with E-state index in [0.29, 0.717) is 0 Å². The molecule has 1 nitrogen and oxygen atoms in total. The van der Waals surface area contributed by atoms with E-state index in [2.05, 4.69) is 53.5 Å². The fourth-order valence-electron chi connectivity index (χ4n) is 1.96. The molecular weight excluding hydrogens is 238 g/mol. The summed E-state index contributed by atoms with van der Waals surface area (Å²) in [5.41, 5.74) is 3.83.